The predicted octanol–water partition coefficient (Wildman–Crippen LogP) is 4.66. The van der Waals surface area contributed by atoms with E-state index in [2.05, 4.69) is 4.98 Å². The molecule has 2 nitrogen and oxygen atoms in total. The standard InChI is InChI=1S/C10H9Cl2NOS/c1-5-4-15-9(8(5)12)7-3-13-10(14-7)6(2)11/h3-4,6H,1-2H3. The maximum absolute atomic E-state index is 6.12. The molecule has 0 amide bonds. The monoisotopic (exact) mass is 261 g/mol. The van der Waals surface area contributed by atoms with E-state index in [1.165, 1.54) is 0 Å². The van der Waals surface area contributed by atoms with Gasteiger partial charge in [0.15, 0.2) is 5.76 Å². The molecule has 0 aromatic carbocycles. The lowest BCUT2D eigenvalue weighted by Gasteiger charge is -1.95. The van der Waals surface area contributed by atoms with Crippen molar-refractivity contribution in [3.05, 3.63) is 28.1 Å². The van der Waals surface area contributed by atoms with Crippen molar-refractivity contribution in [2.45, 2.75) is 19.2 Å². The molecule has 2 aromatic heterocycles. The van der Waals surface area contributed by atoms with Crippen LogP contribution in [0, 0.1) is 6.92 Å². The van der Waals surface area contributed by atoms with Gasteiger partial charge in [-0.2, -0.15) is 0 Å². The van der Waals surface area contributed by atoms with E-state index in [0.717, 1.165) is 15.5 Å². The van der Waals surface area contributed by atoms with E-state index in [1.807, 2.05) is 19.2 Å². The van der Waals surface area contributed by atoms with E-state index in [4.69, 9.17) is 27.6 Å². The molecule has 1 atom stereocenters. The van der Waals surface area contributed by atoms with Crippen LogP contribution in [0.1, 0.15) is 23.8 Å². The molecular formula is C10H9Cl2NOS. The van der Waals surface area contributed by atoms with Crippen molar-refractivity contribution >= 4 is 34.5 Å². The summed E-state index contributed by atoms with van der Waals surface area (Å²) < 4.78 is 5.51. The highest BCUT2D eigenvalue weighted by Crippen LogP contribution is 2.37. The van der Waals surface area contributed by atoms with Crippen LogP contribution in [0.25, 0.3) is 10.6 Å². The zero-order chi connectivity index (χ0) is 11.0. The molecule has 15 heavy (non-hydrogen) atoms. The van der Waals surface area contributed by atoms with Gasteiger partial charge in [0.2, 0.25) is 5.89 Å². The molecule has 1 unspecified atom stereocenters. The van der Waals surface area contributed by atoms with Crippen molar-refractivity contribution in [1.29, 1.82) is 0 Å². The second kappa shape index (κ2) is 4.16. The number of oxazole rings is 1. The average molecular weight is 262 g/mol. The number of hydrogen-bond donors (Lipinski definition) is 0. The van der Waals surface area contributed by atoms with Crippen molar-refractivity contribution in [1.82, 2.24) is 4.98 Å². The third kappa shape index (κ3) is 2.05. The summed E-state index contributed by atoms with van der Waals surface area (Å²) in [5, 5.41) is 2.49. The first-order chi connectivity index (χ1) is 7.09. The molecular weight excluding hydrogens is 253 g/mol. The molecule has 0 aliphatic rings. The Balaban J connectivity index is 2.41. The summed E-state index contributed by atoms with van der Waals surface area (Å²) in [5.74, 6) is 1.20. The molecule has 2 heterocycles. The molecule has 0 aliphatic heterocycles. The van der Waals surface area contributed by atoms with Gasteiger partial charge in [-0.15, -0.1) is 22.9 Å². The fraction of sp³-hybridized carbons (Fsp3) is 0.300. The number of thiophene rings is 1. The van der Waals surface area contributed by atoms with Gasteiger partial charge in [0, 0.05) is 0 Å². The molecule has 0 radical (unpaired) electrons. The summed E-state index contributed by atoms with van der Waals surface area (Å²) in [7, 11) is 0. The first-order valence-corrected chi connectivity index (χ1v) is 6.12. The Morgan fingerprint density at radius 3 is 2.73 bits per heavy atom. The smallest absolute Gasteiger partial charge is 0.212 e. The Morgan fingerprint density at radius 1 is 1.53 bits per heavy atom. The van der Waals surface area contributed by atoms with E-state index in [0.29, 0.717) is 11.7 Å². The quantitative estimate of drug-likeness (QED) is 0.735. The van der Waals surface area contributed by atoms with Gasteiger partial charge in [0.25, 0.3) is 0 Å². The molecule has 0 N–H and O–H groups in total. The van der Waals surface area contributed by atoms with E-state index >= 15 is 0 Å². The maximum Gasteiger partial charge on any atom is 0.212 e. The van der Waals surface area contributed by atoms with Crippen LogP contribution in [-0.2, 0) is 0 Å². The molecule has 0 saturated heterocycles. The Hall–Kier alpha value is -0.510. The highest BCUT2D eigenvalue weighted by atomic mass is 35.5. The van der Waals surface area contributed by atoms with Gasteiger partial charge in [-0.05, 0) is 24.8 Å². The number of nitrogens with zero attached hydrogens (tertiary/aromatic N) is 1. The minimum atomic E-state index is -0.224. The second-order valence-electron chi connectivity index (χ2n) is 3.24. The van der Waals surface area contributed by atoms with Crippen LogP contribution in [0.5, 0.6) is 0 Å². The van der Waals surface area contributed by atoms with Crippen LogP contribution in [0.3, 0.4) is 0 Å². The minimum Gasteiger partial charge on any atom is -0.438 e. The van der Waals surface area contributed by atoms with Crippen molar-refractivity contribution in [2.75, 3.05) is 0 Å². The van der Waals surface area contributed by atoms with Crippen LogP contribution in [-0.4, -0.2) is 4.98 Å². The normalized spacial score (nSPS) is 13.1. The molecule has 0 saturated carbocycles. The summed E-state index contributed by atoms with van der Waals surface area (Å²) in [6, 6.07) is 0. The fourth-order valence-electron chi connectivity index (χ4n) is 1.17. The Labute approximate surface area is 102 Å². The first-order valence-electron chi connectivity index (χ1n) is 4.43. The fourth-order valence-corrected chi connectivity index (χ4v) is 2.51. The van der Waals surface area contributed by atoms with Gasteiger partial charge >= 0.3 is 0 Å². The van der Waals surface area contributed by atoms with Crippen LogP contribution >= 0.6 is 34.5 Å². The minimum absolute atomic E-state index is 0.224. The first kappa shape index (κ1) is 11.0. The predicted molar refractivity (Wildman–Crippen MR) is 63.8 cm³/mol. The van der Waals surface area contributed by atoms with Crippen LogP contribution in [0.2, 0.25) is 5.02 Å². The summed E-state index contributed by atoms with van der Waals surface area (Å²) in [4.78, 5) is 5.00. The van der Waals surface area contributed by atoms with Gasteiger partial charge in [0.1, 0.15) is 5.38 Å². The molecule has 2 rings (SSSR count). The lowest BCUT2D eigenvalue weighted by Crippen LogP contribution is -1.80. The van der Waals surface area contributed by atoms with Gasteiger partial charge < -0.3 is 4.42 Å². The highest BCUT2D eigenvalue weighted by Gasteiger charge is 2.15. The Kier molecular flexibility index (Phi) is 3.05. The van der Waals surface area contributed by atoms with Gasteiger partial charge in [-0.1, -0.05) is 11.6 Å². The zero-order valence-electron chi connectivity index (χ0n) is 8.25. The van der Waals surface area contributed by atoms with Crippen molar-refractivity contribution < 1.29 is 4.42 Å². The molecule has 0 fully saturated rings. The molecule has 0 aliphatic carbocycles. The number of hydrogen-bond acceptors (Lipinski definition) is 3. The lowest BCUT2D eigenvalue weighted by atomic mass is 10.3. The highest BCUT2D eigenvalue weighted by molar-refractivity contribution is 7.14. The van der Waals surface area contributed by atoms with E-state index < -0.39 is 0 Å². The van der Waals surface area contributed by atoms with Crippen LogP contribution < -0.4 is 0 Å². The Morgan fingerprint density at radius 2 is 2.27 bits per heavy atom. The van der Waals surface area contributed by atoms with E-state index in [1.54, 1.807) is 17.5 Å². The zero-order valence-corrected chi connectivity index (χ0v) is 10.6. The van der Waals surface area contributed by atoms with Gasteiger partial charge in [-0.3, -0.25) is 0 Å². The Bertz CT molecular complexity index is 475. The number of alkyl halides is 1. The summed E-state index contributed by atoms with van der Waals surface area (Å²) >= 11 is 13.5. The topological polar surface area (TPSA) is 26.0 Å². The molecule has 80 valence electrons. The lowest BCUT2D eigenvalue weighted by molar-refractivity contribution is 0.509. The number of aryl methyl sites for hydroxylation is 1. The maximum atomic E-state index is 6.12. The van der Waals surface area contributed by atoms with Crippen LogP contribution in [0.15, 0.2) is 16.0 Å². The summed E-state index contributed by atoms with van der Waals surface area (Å²) in [5.41, 5.74) is 1.05. The average Bonchev–Trinajstić information content (AvgIpc) is 2.76. The number of aromatic nitrogens is 1. The van der Waals surface area contributed by atoms with E-state index in [9.17, 15) is 0 Å². The van der Waals surface area contributed by atoms with Gasteiger partial charge in [0.05, 0.1) is 16.1 Å². The SMILES string of the molecule is Cc1csc(-c2cnc(C(C)Cl)o2)c1Cl. The summed E-state index contributed by atoms with van der Waals surface area (Å²) in [6.07, 6.45) is 1.66. The van der Waals surface area contributed by atoms with Crippen LogP contribution in [0.4, 0.5) is 0 Å². The third-order valence-electron chi connectivity index (χ3n) is 1.99. The third-order valence-corrected chi connectivity index (χ3v) is 3.88. The van der Waals surface area contributed by atoms with E-state index in [-0.39, 0.29) is 5.38 Å². The number of halogens is 2. The molecule has 5 heteroatoms. The van der Waals surface area contributed by atoms with Crippen molar-refractivity contribution in [2.24, 2.45) is 0 Å². The molecule has 0 bridgehead atoms. The van der Waals surface area contributed by atoms with Crippen molar-refractivity contribution in [3.63, 3.8) is 0 Å². The summed E-state index contributed by atoms with van der Waals surface area (Å²) in [6.45, 7) is 3.78. The molecule has 2 aromatic rings. The van der Waals surface area contributed by atoms with Crippen molar-refractivity contribution in [3.8, 4) is 10.6 Å². The van der Waals surface area contributed by atoms with Gasteiger partial charge in [-0.25, -0.2) is 4.98 Å². The second-order valence-corrected chi connectivity index (χ2v) is 5.15. The largest absolute Gasteiger partial charge is 0.438 e. The number of rotatable bonds is 2. The molecule has 0 spiro atoms.